The Morgan fingerprint density at radius 1 is 1.30 bits per heavy atom. The van der Waals surface area contributed by atoms with E-state index in [1.165, 1.54) is 0 Å². The summed E-state index contributed by atoms with van der Waals surface area (Å²) in [7, 11) is 0. The van der Waals surface area contributed by atoms with Gasteiger partial charge in [-0.05, 0) is 12.3 Å². The van der Waals surface area contributed by atoms with Gasteiger partial charge < -0.3 is 15.3 Å². The van der Waals surface area contributed by atoms with Gasteiger partial charge in [-0.15, -0.1) is 0 Å². The molecule has 6 heteroatoms. The molecular weight excluding hydrogens is 292 g/mol. The van der Waals surface area contributed by atoms with Crippen molar-refractivity contribution in [2.45, 2.75) is 19.4 Å². The SMILES string of the molecule is C[C@@H]1CCN(C(=O)Nc2cnc(-c3ccccc3)nc2)[C@@H]1CO. The first kappa shape index (κ1) is 15.4. The van der Waals surface area contributed by atoms with Crippen molar-refractivity contribution in [2.75, 3.05) is 18.5 Å². The molecule has 1 aromatic carbocycles. The molecule has 2 atom stereocenters. The van der Waals surface area contributed by atoms with E-state index >= 15 is 0 Å². The Bertz CT molecular complexity index is 660. The van der Waals surface area contributed by atoms with Gasteiger partial charge in [0.2, 0.25) is 0 Å². The zero-order valence-electron chi connectivity index (χ0n) is 13.0. The summed E-state index contributed by atoms with van der Waals surface area (Å²) in [5, 5.41) is 12.2. The number of aromatic nitrogens is 2. The Balaban J connectivity index is 1.68. The number of anilines is 1. The monoisotopic (exact) mass is 312 g/mol. The molecule has 0 bridgehead atoms. The maximum absolute atomic E-state index is 12.3. The fourth-order valence-electron chi connectivity index (χ4n) is 2.86. The van der Waals surface area contributed by atoms with Crippen LogP contribution in [0.15, 0.2) is 42.7 Å². The van der Waals surface area contributed by atoms with Crippen LogP contribution in [0, 0.1) is 5.92 Å². The van der Waals surface area contributed by atoms with Gasteiger partial charge in [-0.1, -0.05) is 37.3 Å². The topological polar surface area (TPSA) is 78.4 Å². The molecule has 2 heterocycles. The minimum Gasteiger partial charge on any atom is -0.394 e. The molecule has 3 rings (SSSR count). The van der Waals surface area contributed by atoms with Crippen molar-refractivity contribution in [3.05, 3.63) is 42.7 Å². The number of amides is 2. The van der Waals surface area contributed by atoms with E-state index in [2.05, 4.69) is 15.3 Å². The number of hydrogen-bond donors (Lipinski definition) is 2. The number of aliphatic hydroxyl groups excluding tert-OH is 1. The van der Waals surface area contributed by atoms with Crippen LogP contribution in [0.25, 0.3) is 11.4 Å². The Hall–Kier alpha value is -2.47. The van der Waals surface area contributed by atoms with Crippen LogP contribution in [0.5, 0.6) is 0 Å². The van der Waals surface area contributed by atoms with Gasteiger partial charge in [0.25, 0.3) is 0 Å². The van der Waals surface area contributed by atoms with E-state index in [9.17, 15) is 9.90 Å². The van der Waals surface area contributed by atoms with Crippen molar-refractivity contribution in [3.8, 4) is 11.4 Å². The Labute approximate surface area is 135 Å². The summed E-state index contributed by atoms with van der Waals surface area (Å²) < 4.78 is 0. The molecule has 1 aromatic heterocycles. The van der Waals surface area contributed by atoms with Crippen LogP contribution in [0.4, 0.5) is 10.5 Å². The van der Waals surface area contributed by atoms with Crippen LogP contribution in [-0.2, 0) is 0 Å². The summed E-state index contributed by atoms with van der Waals surface area (Å²) in [5.41, 5.74) is 1.48. The first-order chi connectivity index (χ1) is 11.2. The van der Waals surface area contributed by atoms with Crippen molar-refractivity contribution < 1.29 is 9.90 Å². The molecule has 0 unspecified atom stereocenters. The molecule has 1 fully saturated rings. The van der Waals surface area contributed by atoms with Gasteiger partial charge in [0.1, 0.15) is 0 Å². The van der Waals surface area contributed by atoms with Crippen molar-refractivity contribution in [1.29, 1.82) is 0 Å². The maximum atomic E-state index is 12.3. The molecule has 6 nitrogen and oxygen atoms in total. The average Bonchev–Trinajstić information content (AvgIpc) is 2.97. The highest BCUT2D eigenvalue weighted by molar-refractivity contribution is 5.89. The molecule has 23 heavy (non-hydrogen) atoms. The van der Waals surface area contributed by atoms with Gasteiger partial charge in [-0.2, -0.15) is 0 Å². The second-order valence-corrected chi connectivity index (χ2v) is 5.80. The number of carbonyl (C=O) groups excluding carboxylic acids is 1. The van der Waals surface area contributed by atoms with Gasteiger partial charge in [0.15, 0.2) is 5.82 Å². The lowest BCUT2D eigenvalue weighted by Crippen LogP contribution is -2.42. The third kappa shape index (κ3) is 3.32. The molecule has 1 aliphatic heterocycles. The molecule has 0 radical (unpaired) electrons. The van der Waals surface area contributed by atoms with E-state index in [1.807, 2.05) is 37.3 Å². The van der Waals surface area contributed by atoms with Crippen molar-refractivity contribution in [1.82, 2.24) is 14.9 Å². The first-order valence-corrected chi connectivity index (χ1v) is 7.75. The summed E-state index contributed by atoms with van der Waals surface area (Å²) >= 11 is 0. The second kappa shape index (κ2) is 6.75. The summed E-state index contributed by atoms with van der Waals surface area (Å²) in [6.07, 6.45) is 4.10. The van der Waals surface area contributed by atoms with Crippen molar-refractivity contribution >= 4 is 11.7 Å². The molecule has 120 valence electrons. The quantitative estimate of drug-likeness (QED) is 0.912. The number of aliphatic hydroxyl groups is 1. The zero-order valence-corrected chi connectivity index (χ0v) is 13.0. The molecular formula is C17H20N4O2. The van der Waals surface area contributed by atoms with E-state index in [1.54, 1.807) is 17.3 Å². The van der Waals surface area contributed by atoms with Gasteiger partial charge in [-0.3, -0.25) is 0 Å². The molecule has 0 saturated carbocycles. The van der Waals surface area contributed by atoms with Crippen LogP contribution in [-0.4, -0.2) is 45.2 Å². The molecule has 0 spiro atoms. The number of rotatable bonds is 3. The van der Waals surface area contributed by atoms with E-state index in [4.69, 9.17) is 0 Å². The second-order valence-electron chi connectivity index (χ2n) is 5.80. The minimum absolute atomic E-state index is 0.0158. The third-order valence-corrected chi connectivity index (χ3v) is 4.27. The highest BCUT2D eigenvalue weighted by Crippen LogP contribution is 2.24. The molecule has 2 N–H and O–H groups in total. The molecule has 1 saturated heterocycles. The standard InChI is InChI=1S/C17H20N4O2/c1-12-7-8-21(15(12)11-22)17(23)20-14-9-18-16(19-10-14)13-5-3-2-4-6-13/h2-6,9-10,12,15,22H,7-8,11H2,1H3,(H,20,23)/t12-,15-/m1/s1. The molecule has 1 aliphatic rings. The summed E-state index contributed by atoms with van der Waals surface area (Å²) in [5.74, 6) is 0.925. The van der Waals surface area contributed by atoms with Crippen LogP contribution in [0.3, 0.4) is 0 Å². The smallest absolute Gasteiger partial charge is 0.322 e. The van der Waals surface area contributed by atoms with E-state index in [0.29, 0.717) is 24.0 Å². The van der Waals surface area contributed by atoms with Crippen LogP contribution >= 0.6 is 0 Å². The Kier molecular flexibility index (Phi) is 4.52. The predicted octanol–water partition coefficient (Wildman–Crippen LogP) is 2.38. The van der Waals surface area contributed by atoms with Gasteiger partial charge in [-0.25, -0.2) is 14.8 Å². The van der Waals surface area contributed by atoms with Gasteiger partial charge in [0, 0.05) is 12.1 Å². The number of nitrogens with zero attached hydrogens (tertiary/aromatic N) is 3. The number of benzene rings is 1. The van der Waals surface area contributed by atoms with E-state index in [0.717, 1.165) is 12.0 Å². The number of hydrogen-bond acceptors (Lipinski definition) is 4. The Morgan fingerprint density at radius 2 is 2.00 bits per heavy atom. The molecule has 0 aliphatic carbocycles. The zero-order chi connectivity index (χ0) is 16.2. The highest BCUT2D eigenvalue weighted by Gasteiger charge is 2.33. The van der Waals surface area contributed by atoms with E-state index in [-0.39, 0.29) is 18.7 Å². The van der Waals surface area contributed by atoms with E-state index < -0.39 is 0 Å². The number of carbonyl (C=O) groups is 1. The third-order valence-electron chi connectivity index (χ3n) is 4.27. The largest absolute Gasteiger partial charge is 0.394 e. The fourth-order valence-corrected chi connectivity index (χ4v) is 2.86. The van der Waals surface area contributed by atoms with Crippen LogP contribution in [0.2, 0.25) is 0 Å². The maximum Gasteiger partial charge on any atom is 0.322 e. The fraction of sp³-hybridized carbons (Fsp3) is 0.353. The highest BCUT2D eigenvalue weighted by atomic mass is 16.3. The number of likely N-dealkylation sites (tertiary alicyclic amines) is 1. The molecule has 2 aromatic rings. The average molecular weight is 312 g/mol. The number of urea groups is 1. The predicted molar refractivity (Wildman–Crippen MR) is 87.8 cm³/mol. The lowest BCUT2D eigenvalue weighted by molar-refractivity contribution is 0.152. The normalized spacial score (nSPS) is 20.5. The lowest BCUT2D eigenvalue weighted by Gasteiger charge is -2.25. The molecule has 2 amide bonds. The summed E-state index contributed by atoms with van der Waals surface area (Å²) in [4.78, 5) is 22.6. The van der Waals surface area contributed by atoms with Crippen molar-refractivity contribution in [2.24, 2.45) is 5.92 Å². The lowest BCUT2D eigenvalue weighted by atomic mass is 10.0. The summed E-state index contributed by atoms with van der Waals surface area (Å²) in [6, 6.07) is 9.32. The minimum atomic E-state index is -0.218. The van der Waals surface area contributed by atoms with Crippen LogP contribution in [0.1, 0.15) is 13.3 Å². The van der Waals surface area contributed by atoms with Gasteiger partial charge in [0.05, 0.1) is 30.7 Å². The number of nitrogens with one attached hydrogen (secondary N) is 1. The summed E-state index contributed by atoms with van der Waals surface area (Å²) in [6.45, 7) is 2.69. The first-order valence-electron chi connectivity index (χ1n) is 7.75. The van der Waals surface area contributed by atoms with Gasteiger partial charge >= 0.3 is 6.03 Å². The van der Waals surface area contributed by atoms with Crippen molar-refractivity contribution in [3.63, 3.8) is 0 Å². The van der Waals surface area contributed by atoms with Crippen LogP contribution < -0.4 is 5.32 Å². The Morgan fingerprint density at radius 3 is 2.65 bits per heavy atom.